The third-order valence-electron chi connectivity index (χ3n) is 2.23. The van der Waals surface area contributed by atoms with Crippen molar-refractivity contribution in [3.63, 3.8) is 0 Å². The summed E-state index contributed by atoms with van der Waals surface area (Å²) in [5.74, 6) is -1.83. The van der Waals surface area contributed by atoms with E-state index in [1.807, 2.05) is 20.8 Å². The van der Waals surface area contributed by atoms with E-state index in [1.54, 1.807) is 0 Å². The molecule has 0 N–H and O–H groups in total. The van der Waals surface area contributed by atoms with Gasteiger partial charge in [0, 0.05) is 6.07 Å². The Bertz CT molecular complexity index is 510. The molecule has 0 aliphatic rings. The number of nitrogens with zero attached hydrogens (tertiary/aromatic N) is 1. The molecular formula is C13H16FNO5. The molecule has 1 rings (SSSR count). The molecule has 0 saturated heterocycles. The van der Waals surface area contributed by atoms with Gasteiger partial charge in [0.15, 0.2) is 0 Å². The highest BCUT2D eigenvalue weighted by molar-refractivity contribution is 5.89. The molecule has 0 fully saturated rings. The molecule has 0 radical (unpaired) electrons. The van der Waals surface area contributed by atoms with Crippen LogP contribution in [0.2, 0.25) is 0 Å². The number of carbonyl (C=O) groups excluding carboxylic acids is 1. The molecule has 6 nitrogen and oxygen atoms in total. The van der Waals surface area contributed by atoms with Crippen LogP contribution in [0.1, 0.15) is 31.1 Å². The first-order chi connectivity index (χ1) is 9.20. The van der Waals surface area contributed by atoms with E-state index in [0.29, 0.717) is 0 Å². The van der Waals surface area contributed by atoms with Gasteiger partial charge in [-0.3, -0.25) is 10.1 Å². The molecule has 110 valence electrons. The molecule has 1 aromatic rings. The van der Waals surface area contributed by atoms with Crippen molar-refractivity contribution in [3.05, 3.63) is 39.7 Å². The summed E-state index contributed by atoms with van der Waals surface area (Å²) in [7, 11) is 0. The molecule has 20 heavy (non-hydrogen) atoms. The molecule has 0 aliphatic carbocycles. The Morgan fingerprint density at radius 3 is 2.50 bits per heavy atom. The quantitative estimate of drug-likeness (QED) is 0.360. The van der Waals surface area contributed by atoms with Gasteiger partial charge in [-0.05, 0) is 32.9 Å². The second kappa shape index (κ2) is 6.42. The Hall–Kier alpha value is -2.02. The standard InChI is InChI=1S/C13H16FNO5/c1-13(2,3)20-7-6-19-12(16)9-4-5-11(15(17)18)10(14)8-9/h4-5,8H,6-7H2,1-3H3. The minimum atomic E-state index is -1.07. The summed E-state index contributed by atoms with van der Waals surface area (Å²) < 4.78 is 23.6. The molecule has 1 aromatic carbocycles. The maximum absolute atomic E-state index is 13.3. The molecule has 0 heterocycles. The zero-order valence-electron chi connectivity index (χ0n) is 11.5. The van der Waals surface area contributed by atoms with Crippen molar-refractivity contribution in [1.29, 1.82) is 0 Å². The lowest BCUT2D eigenvalue weighted by atomic mass is 10.2. The Morgan fingerprint density at radius 2 is 2.00 bits per heavy atom. The third kappa shape index (κ3) is 4.93. The van der Waals surface area contributed by atoms with Crippen molar-refractivity contribution in [3.8, 4) is 0 Å². The van der Waals surface area contributed by atoms with E-state index in [-0.39, 0.29) is 24.4 Å². The number of carbonyl (C=O) groups is 1. The van der Waals surface area contributed by atoms with Crippen LogP contribution in [0.4, 0.5) is 10.1 Å². The summed E-state index contributed by atoms with van der Waals surface area (Å²) >= 11 is 0. The first kappa shape index (κ1) is 16.0. The summed E-state index contributed by atoms with van der Waals surface area (Å²) in [5.41, 5.74) is -1.10. The largest absolute Gasteiger partial charge is 0.460 e. The van der Waals surface area contributed by atoms with Crippen molar-refractivity contribution in [2.75, 3.05) is 13.2 Å². The van der Waals surface area contributed by atoms with E-state index in [2.05, 4.69) is 0 Å². The number of hydrogen-bond donors (Lipinski definition) is 0. The molecule has 0 aromatic heterocycles. The van der Waals surface area contributed by atoms with Gasteiger partial charge in [-0.1, -0.05) is 0 Å². The highest BCUT2D eigenvalue weighted by atomic mass is 19.1. The fraction of sp³-hybridized carbons (Fsp3) is 0.462. The number of nitro groups is 1. The van der Waals surface area contributed by atoms with Crippen LogP contribution in [-0.4, -0.2) is 29.7 Å². The van der Waals surface area contributed by atoms with E-state index < -0.39 is 22.4 Å². The van der Waals surface area contributed by atoms with Gasteiger partial charge >= 0.3 is 11.7 Å². The maximum atomic E-state index is 13.3. The van der Waals surface area contributed by atoms with E-state index in [9.17, 15) is 19.3 Å². The Labute approximate surface area is 115 Å². The third-order valence-corrected chi connectivity index (χ3v) is 2.23. The molecule has 7 heteroatoms. The number of nitro benzene ring substituents is 1. The molecular weight excluding hydrogens is 269 g/mol. The van der Waals surface area contributed by atoms with Crippen LogP contribution in [-0.2, 0) is 9.47 Å². The van der Waals surface area contributed by atoms with Gasteiger partial charge in [0.1, 0.15) is 6.61 Å². The Morgan fingerprint density at radius 1 is 1.35 bits per heavy atom. The minimum Gasteiger partial charge on any atom is -0.460 e. The van der Waals surface area contributed by atoms with Crippen LogP contribution < -0.4 is 0 Å². The van der Waals surface area contributed by atoms with Crippen LogP contribution in [0.15, 0.2) is 18.2 Å². The van der Waals surface area contributed by atoms with Crippen LogP contribution in [0.3, 0.4) is 0 Å². The maximum Gasteiger partial charge on any atom is 0.338 e. The summed E-state index contributed by atoms with van der Waals surface area (Å²) in [6.45, 7) is 5.82. The number of benzene rings is 1. The lowest BCUT2D eigenvalue weighted by Gasteiger charge is -2.19. The monoisotopic (exact) mass is 285 g/mol. The molecule has 0 saturated carbocycles. The molecule has 0 bridgehead atoms. The van der Waals surface area contributed by atoms with Gasteiger partial charge in [-0.15, -0.1) is 0 Å². The fourth-order valence-electron chi connectivity index (χ4n) is 1.35. The normalized spacial score (nSPS) is 11.2. The average molecular weight is 285 g/mol. The van der Waals surface area contributed by atoms with Crippen LogP contribution in [0.25, 0.3) is 0 Å². The Kier molecular flexibility index (Phi) is 5.15. The van der Waals surface area contributed by atoms with Crippen molar-refractivity contribution in [1.82, 2.24) is 0 Å². The first-order valence-corrected chi connectivity index (χ1v) is 5.96. The summed E-state index contributed by atoms with van der Waals surface area (Å²) in [6.07, 6.45) is 0. The van der Waals surface area contributed by atoms with E-state index in [4.69, 9.17) is 9.47 Å². The van der Waals surface area contributed by atoms with Gasteiger partial charge < -0.3 is 9.47 Å². The fourth-order valence-corrected chi connectivity index (χ4v) is 1.35. The van der Waals surface area contributed by atoms with Crippen LogP contribution >= 0.6 is 0 Å². The van der Waals surface area contributed by atoms with Gasteiger partial charge in [0.05, 0.1) is 22.7 Å². The number of esters is 1. The zero-order valence-corrected chi connectivity index (χ0v) is 11.5. The lowest BCUT2D eigenvalue weighted by Crippen LogP contribution is -2.22. The van der Waals surface area contributed by atoms with Crippen LogP contribution in [0, 0.1) is 15.9 Å². The smallest absolute Gasteiger partial charge is 0.338 e. The molecule has 0 unspecified atom stereocenters. The number of ether oxygens (including phenoxy) is 2. The predicted molar refractivity (Wildman–Crippen MR) is 69.0 cm³/mol. The number of hydrogen-bond acceptors (Lipinski definition) is 5. The predicted octanol–water partition coefficient (Wildman–Crippen LogP) is 2.71. The van der Waals surface area contributed by atoms with Crippen molar-refractivity contribution in [2.45, 2.75) is 26.4 Å². The van der Waals surface area contributed by atoms with Crippen LogP contribution in [0.5, 0.6) is 0 Å². The van der Waals surface area contributed by atoms with E-state index in [0.717, 1.165) is 18.2 Å². The average Bonchev–Trinajstić information content (AvgIpc) is 2.32. The minimum absolute atomic E-state index is 0.0225. The molecule has 0 amide bonds. The van der Waals surface area contributed by atoms with E-state index in [1.165, 1.54) is 0 Å². The topological polar surface area (TPSA) is 78.7 Å². The van der Waals surface area contributed by atoms with Gasteiger partial charge in [-0.25, -0.2) is 4.79 Å². The SMILES string of the molecule is CC(C)(C)OCCOC(=O)c1ccc([N+](=O)[O-])c(F)c1. The van der Waals surface area contributed by atoms with E-state index >= 15 is 0 Å². The second-order valence-corrected chi connectivity index (χ2v) is 5.02. The van der Waals surface area contributed by atoms with Gasteiger partial charge in [0.25, 0.3) is 0 Å². The summed E-state index contributed by atoms with van der Waals surface area (Å²) in [4.78, 5) is 21.2. The molecule has 0 spiro atoms. The van der Waals surface area contributed by atoms with Gasteiger partial charge in [0.2, 0.25) is 5.82 Å². The first-order valence-electron chi connectivity index (χ1n) is 5.96. The van der Waals surface area contributed by atoms with Crippen molar-refractivity contribution in [2.24, 2.45) is 0 Å². The lowest BCUT2D eigenvalue weighted by molar-refractivity contribution is -0.387. The Balaban J connectivity index is 2.56. The highest BCUT2D eigenvalue weighted by Crippen LogP contribution is 2.18. The summed E-state index contributed by atoms with van der Waals surface area (Å²) in [5, 5.41) is 10.4. The van der Waals surface area contributed by atoms with Crippen molar-refractivity contribution < 1.29 is 23.6 Å². The zero-order chi connectivity index (χ0) is 15.3. The second-order valence-electron chi connectivity index (χ2n) is 5.02. The highest BCUT2D eigenvalue weighted by Gasteiger charge is 2.17. The van der Waals surface area contributed by atoms with Crippen molar-refractivity contribution >= 4 is 11.7 Å². The molecule has 0 atom stereocenters. The van der Waals surface area contributed by atoms with Gasteiger partial charge in [-0.2, -0.15) is 4.39 Å². The summed E-state index contributed by atoms with van der Waals surface area (Å²) in [6, 6.07) is 2.86. The number of halogens is 1. The molecule has 0 aliphatic heterocycles. The number of rotatable bonds is 5.